The average Bonchev–Trinajstić information content (AvgIpc) is 2.59. The molecule has 4 heterocycles. The zero-order chi connectivity index (χ0) is 14.7. The highest BCUT2D eigenvalue weighted by atomic mass is 35.5. The maximum atomic E-state index is 13.1. The molecular weight excluding hydrogens is 308 g/mol. The van der Waals surface area contributed by atoms with Crippen LogP contribution >= 0.6 is 12.4 Å². The van der Waals surface area contributed by atoms with Gasteiger partial charge in [0, 0.05) is 30.6 Å². The summed E-state index contributed by atoms with van der Waals surface area (Å²) in [4.78, 5) is 18.0. The standard InChI is InChI=1S/C19H24N2O.ClH/c22-19-16-6-2-4-14-3-1-5-15(18(14)16)11-21(19)17-12-20-9-7-13(17)8-10-20;/h2,4,6,13,15,17H,1,3,5,7-12H2;1H/t15?,17-;/m1./s1. The van der Waals surface area contributed by atoms with Crippen LogP contribution in [0.15, 0.2) is 18.2 Å². The molecule has 2 bridgehead atoms. The van der Waals surface area contributed by atoms with E-state index in [2.05, 4.69) is 28.0 Å². The number of carbonyl (C=O) groups excluding carboxylic acids is 1. The Hall–Kier alpha value is -1.06. The van der Waals surface area contributed by atoms with Gasteiger partial charge in [-0.2, -0.15) is 0 Å². The van der Waals surface area contributed by atoms with Gasteiger partial charge in [0.05, 0.1) is 0 Å². The van der Waals surface area contributed by atoms with Crippen molar-refractivity contribution in [1.29, 1.82) is 0 Å². The number of carbonyl (C=O) groups is 1. The Morgan fingerprint density at radius 1 is 1.04 bits per heavy atom. The number of amides is 1. The smallest absolute Gasteiger partial charge is 0.254 e. The van der Waals surface area contributed by atoms with Crippen LogP contribution in [0.3, 0.4) is 0 Å². The summed E-state index contributed by atoms with van der Waals surface area (Å²) in [6.45, 7) is 4.57. The summed E-state index contributed by atoms with van der Waals surface area (Å²) in [7, 11) is 0. The van der Waals surface area contributed by atoms with Gasteiger partial charge >= 0.3 is 0 Å². The van der Waals surface area contributed by atoms with Crippen molar-refractivity contribution in [3.63, 3.8) is 0 Å². The van der Waals surface area contributed by atoms with Crippen molar-refractivity contribution in [2.24, 2.45) is 5.92 Å². The number of benzene rings is 1. The Morgan fingerprint density at radius 3 is 2.61 bits per heavy atom. The van der Waals surface area contributed by atoms with Crippen molar-refractivity contribution in [2.45, 2.75) is 44.1 Å². The van der Waals surface area contributed by atoms with Crippen LogP contribution in [0.4, 0.5) is 0 Å². The van der Waals surface area contributed by atoms with E-state index in [0.29, 0.717) is 17.9 Å². The Morgan fingerprint density at radius 2 is 1.87 bits per heavy atom. The van der Waals surface area contributed by atoms with Crippen LogP contribution in [-0.2, 0) is 6.42 Å². The third-order valence-corrected chi connectivity index (χ3v) is 6.53. The molecule has 0 N–H and O–H groups in total. The molecule has 1 aromatic rings. The van der Waals surface area contributed by atoms with Crippen molar-refractivity contribution >= 4 is 18.3 Å². The lowest BCUT2D eigenvalue weighted by atomic mass is 9.75. The van der Waals surface area contributed by atoms with Gasteiger partial charge in [0.2, 0.25) is 0 Å². The molecule has 0 spiro atoms. The summed E-state index contributed by atoms with van der Waals surface area (Å²) >= 11 is 0. The first-order valence-electron chi connectivity index (χ1n) is 8.96. The number of fused-ring (bicyclic) bond motifs is 3. The van der Waals surface area contributed by atoms with E-state index in [0.717, 1.165) is 31.0 Å². The Balaban J connectivity index is 0.00000135. The number of nitrogens with zero attached hydrogens (tertiary/aromatic N) is 2. The van der Waals surface area contributed by atoms with Crippen molar-refractivity contribution in [3.8, 4) is 0 Å². The predicted octanol–water partition coefficient (Wildman–Crippen LogP) is 3.08. The highest BCUT2D eigenvalue weighted by molar-refractivity contribution is 5.98. The zero-order valence-corrected chi connectivity index (χ0v) is 14.4. The largest absolute Gasteiger partial charge is 0.333 e. The highest BCUT2D eigenvalue weighted by Gasteiger charge is 2.43. The molecule has 3 fully saturated rings. The van der Waals surface area contributed by atoms with Crippen LogP contribution < -0.4 is 0 Å². The number of hydrogen-bond donors (Lipinski definition) is 0. The van der Waals surface area contributed by atoms with Gasteiger partial charge in [-0.25, -0.2) is 0 Å². The van der Waals surface area contributed by atoms with E-state index in [1.54, 1.807) is 0 Å². The molecule has 6 rings (SSSR count). The van der Waals surface area contributed by atoms with E-state index in [1.807, 2.05) is 0 Å². The second-order valence-corrected chi connectivity index (χ2v) is 7.63. The summed E-state index contributed by atoms with van der Waals surface area (Å²) in [6, 6.07) is 6.87. The molecule has 5 aliphatic rings. The van der Waals surface area contributed by atoms with Crippen LogP contribution in [0, 0.1) is 5.92 Å². The van der Waals surface area contributed by atoms with Crippen molar-refractivity contribution in [2.75, 3.05) is 26.2 Å². The third-order valence-electron chi connectivity index (χ3n) is 6.53. The molecule has 0 radical (unpaired) electrons. The quantitative estimate of drug-likeness (QED) is 0.789. The Labute approximate surface area is 144 Å². The highest BCUT2D eigenvalue weighted by Crippen LogP contribution is 2.41. The third kappa shape index (κ3) is 2.32. The average molecular weight is 333 g/mol. The van der Waals surface area contributed by atoms with Crippen LogP contribution in [0.2, 0.25) is 0 Å². The molecule has 0 aromatic heterocycles. The lowest BCUT2D eigenvalue weighted by Gasteiger charge is -2.51. The number of halogens is 1. The minimum atomic E-state index is 0. The van der Waals surface area contributed by atoms with Crippen molar-refractivity contribution in [3.05, 3.63) is 34.9 Å². The zero-order valence-electron chi connectivity index (χ0n) is 13.5. The van der Waals surface area contributed by atoms with Gasteiger partial charge in [-0.3, -0.25) is 4.79 Å². The fraction of sp³-hybridized carbons (Fsp3) is 0.632. The van der Waals surface area contributed by atoms with Crippen LogP contribution in [0.25, 0.3) is 0 Å². The molecule has 1 unspecified atom stereocenters. The molecular formula is C19H25ClN2O. The maximum Gasteiger partial charge on any atom is 0.254 e. The lowest BCUT2D eigenvalue weighted by Crippen LogP contribution is -2.60. The summed E-state index contributed by atoms with van der Waals surface area (Å²) in [5.41, 5.74) is 3.86. The van der Waals surface area contributed by atoms with E-state index >= 15 is 0 Å². The number of piperidine rings is 3. The minimum absolute atomic E-state index is 0. The maximum absolute atomic E-state index is 13.1. The van der Waals surface area contributed by atoms with Crippen molar-refractivity contribution < 1.29 is 4.79 Å². The van der Waals surface area contributed by atoms with E-state index < -0.39 is 0 Å². The molecule has 1 aromatic carbocycles. The van der Waals surface area contributed by atoms with Crippen LogP contribution in [0.5, 0.6) is 0 Å². The molecule has 2 atom stereocenters. The molecule has 1 aliphatic carbocycles. The second-order valence-electron chi connectivity index (χ2n) is 7.63. The SMILES string of the molecule is Cl.O=C1c2cccc3c2C(CCC3)CN1[C@@H]1CN2CCC1CC2. The van der Waals surface area contributed by atoms with E-state index in [-0.39, 0.29) is 12.4 Å². The summed E-state index contributed by atoms with van der Waals surface area (Å²) < 4.78 is 0. The Kier molecular flexibility index (Phi) is 3.89. The summed E-state index contributed by atoms with van der Waals surface area (Å²) in [5, 5.41) is 0. The number of hydrogen-bond acceptors (Lipinski definition) is 2. The number of rotatable bonds is 1. The molecule has 3 saturated heterocycles. The lowest BCUT2D eigenvalue weighted by molar-refractivity contribution is 0.00258. The normalized spacial score (nSPS) is 34.8. The second kappa shape index (κ2) is 5.78. The molecule has 4 aliphatic heterocycles. The van der Waals surface area contributed by atoms with E-state index in [4.69, 9.17) is 0 Å². The van der Waals surface area contributed by atoms with Gasteiger partial charge in [0.25, 0.3) is 5.91 Å². The molecule has 23 heavy (non-hydrogen) atoms. The first kappa shape index (κ1) is 15.5. The van der Waals surface area contributed by atoms with Gasteiger partial charge in [0.15, 0.2) is 0 Å². The van der Waals surface area contributed by atoms with E-state index in [9.17, 15) is 4.79 Å². The fourth-order valence-electron chi connectivity index (χ4n) is 5.41. The Bertz CT molecular complexity index is 624. The molecule has 4 heteroatoms. The summed E-state index contributed by atoms with van der Waals surface area (Å²) in [5.74, 6) is 1.64. The topological polar surface area (TPSA) is 23.6 Å². The van der Waals surface area contributed by atoms with Crippen molar-refractivity contribution in [1.82, 2.24) is 9.80 Å². The molecule has 1 amide bonds. The minimum Gasteiger partial charge on any atom is -0.333 e. The molecule has 3 nitrogen and oxygen atoms in total. The summed E-state index contributed by atoms with van der Waals surface area (Å²) in [6.07, 6.45) is 6.27. The molecule has 0 saturated carbocycles. The molecule has 124 valence electrons. The first-order valence-corrected chi connectivity index (χ1v) is 8.96. The first-order chi connectivity index (χ1) is 10.8. The van der Waals surface area contributed by atoms with Gasteiger partial charge in [-0.15, -0.1) is 12.4 Å². The predicted molar refractivity (Wildman–Crippen MR) is 93.4 cm³/mol. The van der Waals surface area contributed by atoms with Gasteiger partial charge in [-0.1, -0.05) is 12.1 Å². The fourth-order valence-corrected chi connectivity index (χ4v) is 5.41. The van der Waals surface area contributed by atoms with Crippen LogP contribution in [0.1, 0.15) is 53.1 Å². The van der Waals surface area contributed by atoms with Gasteiger partial charge in [0.1, 0.15) is 0 Å². The number of aryl methyl sites for hydroxylation is 1. The monoisotopic (exact) mass is 332 g/mol. The van der Waals surface area contributed by atoms with Gasteiger partial charge in [-0.05, 0) is 68.3 Å². The van der Waals surface area contributed by atoms with Gasteiger partial charge < -0.3 is 9.80 Å². The van der Waals surface area contributed by atoms with E-state index in [1.165, 1.54) is 49.9 Å². The van der Waals surface area contributed by atoms with Crippen LogP contribution in [-0.4, -0.2) is 47.9 Å².